The highest BCUT2D eigenvalue weighted by atomic mass is 32.1. The van der Waals surface area contributed by atoms with E-state index in [2.05, 4.69) is 14.8 Å². The van der Waals surface area contributed by atoms with Crippen LogP contribution in [0, 0.1) is 0 Å². The highest BCUT2D eigenvalue weighted by Gasteiger charge is 2.04. The van der Waals surface area contributed by atoms with Crippen molar-refractivity contribution in [3.63, 3.8) is 0 Å². The van der Waals surface area contributed by atoms with E-state index in [1.807, 2.05) is 19.3 Å². The standard InChI is InChI=1S/C8H11N3S/c1-6(9)4-7-5-12-8-10-2-3-11(7)8/h2-3,5-6H,4,9H2,1H3. The highest BCUT2D eigenvalue weighted by molar-refractivity contribution is 7.15. The van der Waals surface area contributed by atoms with Crippen LogP contribution in [0.3, 0.4) is 0 Å². The Kier molecular flexibility index (Phi) is 1.86. The molecule has 2 aromatic heterocycles. The zero-order chi connectivity index (χ0) is 8.55. The average molecular weight is 181 g/mol. The lowest BCUT2D eigenvalue weighted by atomic mass is 10.2. The number of aromatic nitrogens is 2. The van der Waals surface area contributed by atoms with Crippen molar-refractivity contribution in [1.29, 1.82) is 0 Å². The molecule has 0 saturated heterocycles. The summed E-state index contributed by atoms with van der Waals surface area (Å²) >= 11 is 1.66. The number of thiazole rings is 1. The summed E-state index contributed by atoms with van der Waals surface area (Å²) in [6, 6.07) is 0.213. The van der Waals surface area contributed by atoms with Gasteiger partial charge < -0.3 is 5.73 Å². The van der Waals surface area contributed by atoms with E-state index in [4.69, 9.17) is 5.73 Å². The lowest BCUT2D eigenvalue weighted by Crippen LogP contribution is -2.18. The maximum atomic E-state index is 5.71. The van der Waals surface area contributed by atoms with Gasteiger partial charge in [-0.05, 0) is 6.92 Å². The van der Waals surface area contributed by atoms with E-state index in [-0.39, 0.29) is 6.04 Å². The Morgan fingerprint density at radius 2 is 2.58 bits per heavy atom. The lowest BCUT2D eigenvalue weighted by molar-refractivity contribution is 0.718. The van der Waals surface area contributed by atoms with Crippen molar-refractivity contribution >= 4 is 16.3 Å². The molecule has 64 valence electrons. The Morgan fingerprint density at radius 3 is 3.33 bits per heavy atom. The van der Waals surface area contributed by atoms with Crippen molar-refractivity contribution in [2.24, 2.45) is 5.73 Å². The van der Waals surface area contributed by atoms with Crippen LogP contribution in [0.5, 0.6) is 0 Å². The van der Waals surface area contributed by atoms with Gasteiger partial charge in [0, 0.05) is 35.9 Å². The number of hydrogen-bond donors (Lipinski definition) is 1. The summed E-state index contributed by atoms with van der Waals surface area (Å²) in [5.41, 5.74) is 6.97. The summed E-state index contributed by atoms with van der Waals surface area (Å²) in [6.07, 6.45) is 4.70. The Hall–Kier alpha value is -0.870. The summed E-state index contributed by atoms with van der Waals surface area (Å²) in [6.45, 7) is 2.01. The van der Waals surface area contributed by atoms with Crippen LogP contribution in [0.25, 0.3) is 4.96 Å². The largest absolute Gasteiger partial charge is 0.328 e. The molecule has 0 aliphatic rings. The fraction of sp³-hybridized carbons (Fsp3) is 0.375. The first-order chi connectivity index (χ1) is 5.77. The minimum atomic E-state index is 0.213. The molecule has 3 nitrogen and oxygen atoms in total. The maximum absolute atomic E-state index is 5.71. The van der Waals surface area contributed by atoms with Crippen molar-refractivity contribution in [2.75, 3.05) is 0 Å². The van der Waals surface area contributed by atoms with Crippen LogP contribution in [-0.2, 0) is 6.42 Å². The molecule has 2 rings (SSSR count). The molecule has 1 atom stereocenters. The molecule has 2 heterocycles. The highest BCUT2D eigenvalue weighted by Crippen LogP contribution is 2.15. The molecule has 0 saturated carbocycles. The van der Waals surface area contributed by atoms with Crippen LogP contribution >= 0.6 is 11.3 Å². The third kappa shape index (κ3) is 1.23. The van der Waals surface area contributed by atoms with Gasteiger partial charge in [0.1, 0.15) is 0 Å². The molecule has 4 heteroatoms. The van der Waals surface area contributed by atoms with Crippen molar-refractivity contribution in [1.82, 2.24) is 9.38 Å². The molecule has 0 spiro atoms. The molecular weight excluding hydrogens is 170 g/mol. The number of rotatable bonds is 2. The normalized spacial score (nSPS) is 13.8. The number of hydrogen-bond acceptors (Lipinski definition) is 3. The Labute approximate surface area is 74.8 Å². The molecule has 0 fully saturated rings. The lowest BCUT2D eigenvalue weighted by Gasteiger charge is -2.02. The van der Waals surface area contributed by atoms with E-state index >= 15 is 0 Å². The second-order valence-corrected chi connectivity index (χ2v) is 3.82. The summed E-state index contributed by atoms with van der Waals surface area (Å²) in [5.74, 6) is 0. The van der Waals surface area contributed by atoms with E-state index in [1.165, 1.54) is 5.69 Å². The topological polar surface area (TPSA) is 43.3 Å². The molecule has 0 aliphatic heterocycles. The number of nitrogens with two attached hydrogens (primary N) is 1. The molecule has 1 unspecified atom stereocenters. The van der Waals surface area contributed by atoms with Gasteiger partial charge in [-0.3, -0.25) is 4.40 Å². The van der Waals surface area contributed by atoms with Crippen LogP contribution < -0.4 is 5.73 Å². The third-order valence-corrected chi connectivity index (χ3v) is 2.65. The van der Waals surface area contributed by atoms with Gasteiger partial charge in [-0.15, -0.1) is 11.3 Å². The first-order valence-electron chi connectivity index (χ1n) is 3.92. The van der Waals surface area contributed by atoms with Crippen LogP contribution in [-0.4, -0.2) is 15.4 Å². The zero-order valence-electron chi connectivity index (χ0n) is 6.90. The molecule has 2 N–H and O–H groups in total. The van der Waals surface area contributed by atoms with Crippen molar-refractivity contribution < 1.29 is 0 Å². The van der Waals surface area contributed by atoms with Crippen molar-refractivity contribution in [2.45, 2.75) is 19.4 Å². The summed E-state index contributed by atoms with van der Waals surface area (Å²) in [4.78, 5) is 5.23. The first-order valence-corrected chi connectivity index (χ1v) is 4.80. The molecule has 0 aromatic carbocycles. The molecule has 0 radical (unpaired) electrons. The van der Waals surface area contributed by atoms with E-state index < -0.39 is 0 Å². The van der Waals surface area contributed by atoms with Gasteiger partial charge in [0.05, 0.1) is 0 Å². The van der Waals surface area contributed by atoms with Crippen LogP contribution in [0.2, 0.25) is 0 Å². The van der Waals surface area contributed by atoms with Gasteiger partial charge in [-0.1, -0.05) is 0 Å². The van der Waals surface area contributed by atoms with E-state index in [0.29, 0.717) is 0 Å². The predicted octanol–water partition coefficient (Wildman–Crippen LogP) is 1.29. The average Bonchev–Trinajstić information content (AvgIpc) is 2.52. The van der Waals surface area contributed by atoms with Gasteiger partial charge in [-0.25, -0.2) is 4.98 Å². The summed E-state index contributed by atoms with van der Waals surface area (Å²) in [7, 11) is 0. The Bertz CT molecular complexity index is 374. The quantitative estimate of drug-likeness (QED) is 0.758. The second-order valence-electron chi connectivity index (χ2n) is 2.99. The molecule has 0 bridgehead atoms. The van der Waals surface area contributed by atoms with Crippen LogP contribution in [0.15, 0.2) is 17.8 Å². The first kappa shape index (κ1) is 7.76. The number of nitrogens with zero attached hydrogens (tertiary/aromatic N) is 2. The van der Waals surface area contributed by atoms with Crippen molar-refractivity contribution in [3.05, 3.63) is 23.5 Å². The third-order valence-electron chi connectivity index (χ3n) is 1.75. The number of imidazole rings is 1. The molecule has 2 aromatic rings. The fourth-order valence-electron chi connectivity index (χ4n) is 1.25. The number of fused-ring (bicyclic) bond motifs is 1. The second kappa shape index (κ2) is 2.88. The van der Waals surface area contributed by atoms with Gasteiger partial charge in [0.15, 0.2) is 4.96 Å². The molecule has 0 aliphatic carbocycles. The van der Waals surface area contributed by atoms with Crippen molar-refractivity contribution in [3.8, 4) is 0 Å². The van der Waals surface area contributed by atoms with E-state index in [9.17, 15) is 0 Å². The SMILES string of the molecule is CC(N)Cc1csc2nccn12. The summed E-state index contributed by atoms with van der Waals surface area (Å²) < 4.78 is 2.09. The minimum Gasteiger partial charge on any atom is -0.328 e. The molecule has 0 amide bonds. The van der Waals surface area contributed by atoms with E-state index in [1.54, 1.807) is 11.3 Å². The minimum absolute atomic E-state index is 0.213. The predicted molar refractivity (Wildman–Crippen MR) is 50.4 cm³/mol. The maximum Gasteiger partial charge on any atom is 0.193 e. The summed E-state index contributed by atoms with van der Waals surface area (Å²) in [5, 5.41) is 2.12. The smallest absolute Gasteiger partial charge is 0.193 e. The molecular formula is C8H11N3S. The monoisotopic (exact) mass is 181 g/mol. The van der Waals surface area contributed by atoms with Crippen LogP contribution in [0.1, 0.15) is 12.6 Å². The Balaban J connectivity index is 2.40. The van der Waals surface area contributed by atoms with Gasteiger partial charge >= 0.3 is 0 Å². The van der Waals surface area contributed by atoms with Gasteiger partial charge in [0.25, 0.3) is 0 Å². The zero-order valence-corrected chi connectivity index (χ0v) is 7.71. The van der Waals surface area contributed by atoms with Crippen LogP contribution in [0.4, 0.5) is 0 Å². The van der Waals surface area contributed by atoms with E-state index in [0.717, 1.165) is 11.4 Å². The van der Waals surface area contributed by atoms with Gasteiger partial charge in [0.2, 0.25) is 0 Å². The fourth-order valence-corrected chi connectivity index (χ4v) is 2.11. The molecule has 12 heavy (non-hydrogen) atoms. The van der Waals surface area contributed by atoms with Gasteiger partial charge in [-0.2, -0.15) is 0 Å². The Morgan fingerprint density at radius 1 is 1.75 bits per heavy atom.